The molecule has 2 atom stereocenters. The van der Waals surface area contributed by atoms with E-state index in [1.807, 2.05) is 18.3 Å². The summed E-state index contributed by atoms with van der Waals surface area (Å²) >= 11 is 1.82. The van der Waals surface area contributed by atoms with Crippen LogP contribution >= 0.6 is 11.3 Å². The van der Waals surface area contributed by atoms with Gasteiger partial charge in [0.1, 0.15) is 0 Å². The maximum Gasteiger partial charge on any atom is 0.206 e. The second-order valence-electron chi connectivity index (χ2n) is 4.69. The fourth-order valence-electron chi connectivity index (χ4n) is 1.80. The molecule has 0 spiro atoms. The van der Waals surface area contributed by atoms with E-state index in [-0.39, 0.29) is 12.1 Å². The van der Waals surface area contributed by atoms with Gasteiger partial charge in [-0.1, -0.05) is 0 Å². The Morgan fingerprint density at radius 1 is 1.47 bits per heavy atom. The van der Waals surface area contributed by atoms with Gasteiger partial charge in [-0.25, -0.2) is 10.8 Å². The zero-order chi connectivity index (χ0) is 14.3. The SMILES string of the molecule is COCC(C)N=C(NN)NC(C)Cc1ccc(C)s1. The third kappa shape index (κ3) is 6.04. The average molecular weight is 284 g/mol. The average Bonchev–Trinajstić information content (AvgIpc) is 2.74. The highest BCUT2D eigenvalue weighted by molar-refractivity contribution is 7.11. The number of hydrazine groups is 1. The third-order valence-electron chi connectivity index (χ3n) is 2.58. The van der Waals surface area contributed by atoms with Gasteiger partial charge in [0.05, 0.1) is 12.6 Å². The molecule has 2 unspecified atom stereocenters. The van der Waals surface area contributed by atoms with Crippen molar-refractivity contribution in [2.75, 3.05) is 13.7 Å². The monoisotopic (exact) mass is 284 g/mol. The van der Waals surface area contributed by atoms with Crippen molar-refractivity contribution in [1.29, 1.82) is 0 Å². The number of hydrogen-bond donors (Lipinski definition) is 3. The molecule has 0 saturated carbocycles. The summed E-state index contributed by atoms with van der Waals surface area (Å²) in [4.78, 5) is 7.11. The minimum Gasteiger partial charge on any atom is -0.382 e. The molecule has 0 fully saturated rings. The summed E-state index contributed by atoms with van der Waals surface area (Å²) in [7, 11) is 1.66. The lowest BCUT2D eigenvalue weighted by Crippen LogP contribution is -2.46. The molecular formula is C13H24N4OS. The summed E-state index contributed by atoms with van der Waals surface area (Å²) in [5.41, 5.74) is 2.60. The molecule has 4 N–H and O–H groups in total. The lowest BCUT2D eigenvalue weighted by Gasteiger charge is -2.17. The van der Waals surface area contributed by atoms with E-state index in [1.54, 1.807) is 7.11 Å². The highest BCUT2D eigenvalue weighted by atomic mass is 32.1. The van der Waals surface area contributed by atoms with E-state index in [0.717, 1.165) is 6.42 Å². The van der Waals surface area contributed by atoms with Crippen LogP contribution in [0.25, 0.3) is 0 Å². The van der Waals surface area contributed by atoms with E-state index in [2.05, 4.69) is 41.7 Å². The van der Waals surface area contributed by atoms with Gasteiger partial charge in [0.2, 0.25) is 5.96 Å². The molecule has 6 heteroatoms. The van der Waals surface area contributed by atoms with Crippen LogP contribution < -0.4 is 16.6 Å². The minimum absolute atomic E-state index is 0.0692. The lowest BCUT2D eigenvalue weighted by molar-refractivity contribution is 0.185. The summed E-state index contributed by atoms with van der Waals surface area (Å²) in [5.74, 6) is 6.08. The number of guanidine groups is 1. The topological polar surface area (TPSA) is 71.7 Å². The quantitative estimate of drug-likeness (QED) is 0.320. The van der Waals surface area contributed by atoms with Crippen molar-refractivity contribution in [2.45, 2.75) is 39.3 Å². The number of rotatable bonds is 6. The number of aryl methyl sites for hydroxylation is 1. The highest BCUT2D eigenvalue weighted by Gasteiger charge is 2.08. The molecular weight excluding hydrogens is 260 g/mol. The first-order chi connectivity index (χ1) is 9.05. The van der Waals surface area contributed by atoms with Gasteiger partial charge in [-0.15, -0.1) is 11.3 Å². The number of ether oxygens (including phenoxy) is 1. The Hall–Kier alpha value is -1.11. The molecule has 0 aliphatic rings. The van der Waals surface area contributed by atoms with Gasteiger partial charge < -0.3 is 10.1 Å². The van der Waals surface area contributed by atoms with E-state index < -0.39 is 0 Å². The normalized spacial score (nSPS) is 15.1. The van der Waals surface area contributed by atoms with Crippen molar-refractivity contribution >= 4 is 17.3 Å². The van der Waals surface area contributed by atoms with Crippen LogP contribution in [0.1, 0.15) is 23.6 Å². The molecule has 0 bridgehead atoms. The molecule has 0 aromatic carbocycles. The highest BCUT2D eigenvalue weighted by Crippen LogP contribution is 2.16. The molecule has 0 aliphatic carbocycles. The Labute approximate surface area is 119 Å². The number of methoxy groups -OCH3 is 1. The molecule has 1 heterocycles. The number of nitrogens with one attached hydrogen (secondary N) is 2. The van der Waals surface area contributed by atoms with Crippen LogP contribution in [0.2, 0.25) is 0 Å². The van der Waals surface area contributed by atoms with Gasteiger partial charge in [0.25, 0.3) is 0 Å². The van der Waals surface area contributed by atoms with Gasteiger partial charge in [-0.05, 0) is 32.9 Å². The first kappa shape index (κ1) is 15.9. The minimum atomic E-state index is 0.0692. The summed E-state index contributed by atoms with van der Waals surface area (Å²) in [6, 6.07) is 4.64. The summed E-state index contributed by atoms with van der Waals surface area (Å²) in [6.45, 7) is 6.79. The molecule has 1 aromatic rings. The van der Waals surface area contributed by atoms with Crippen molar-refractivity contribution in [3.63, 3.8) is 0 Å². The van der Waals surface area contributed by atoms with Gasteiger partial charge in [-0.2, -0.15) is 0 Å². The Morgan fingerprint density at radius 3 is 2.74 bits per heavy atom. The Kier molecular flexibility index (Phi) is 6.83. The molecule has 0 amide bonds. The second kappa shape index (κ2) is 8.14. The van der Waals surface area contributed by atoms with Crippen molar-refractivity contribution in [2.24, 2.45) is 10.8 Å². The van der Waals surface area contributed by atoms with Crippen molar-refractivity contribution in [3.05, 3.63) is 21.9 Å². The van der Waals surface area contributed by atoms with Crippen LogP contribution in [-0.4, -0.2) is 31.8 Å². The van der Waals surface area contributed by atoms with E-state index in [0.29, 0.717) is 12.6 Å². The standard InChI is InChI=1S/C13H24N4OS/c1-9(7-12-6-5-11(3)19-12)15-13(17-14)16-10(2)8-18-4/h5-6,9-10H,7-8,14H2,1-4H3,(H2,15,16,17). The van der Waals surface area contributed by atoms with Crippen molar-refractivity contribution in [1.82, 2.24) is 10.7 Å². The lowest BCUT2D eigenvalue weighted by atomic mass is 10.2. The van der Waals surface area contributed by atoms with Crippen LogP contribution in [0.5, 0.6) is 0 Å². The molecule has 1 rings (SSSR count). The summed E-state index contributed by atoms with van der Waals surface area (Å²) in [5, 5.41) is 3.28. The summed E-state index contributed by atoms with van der Waals surface area (Å²) in [6.07, 6.45) is 0.956. The molecule has 1 aromatic heterocycles. The molecule has 0 aliphatic heterocycles. The number of hydrogen-bond acceptors (Lipinski definition) is 4. The van der Waals surface area contributed by atoms with Gasteiger partial charge in [-0.3, -0.25) is 5.43 Å². The Bertz CT molecular complexity index is 405. The van der Waals surface area contributed by atoms with Crippen LogP contribution in [0, 0.1) is 6.92 Å². The zero-order valence-electron chi connectivity index (χ0n) is 12.1. The molecule has 5 nitrogen and oxygen atoms in total. The summed E-state index contributed by atoms with van der Waals surface area (Å²) < 4.78 is 5.05. The van der Waals surface area contributed by atoms with E-state index in [4.69, 9.17) is 10.6 Å². The Morgan fingerprint density at radius 2 is 2.21 bits per heavy atom. The van der Waals surface area contributed by atoms with Crippen LogP contribution in [0.3, 0.4) is 0 Å². The predicted molar refractivity (Wildman–Crippen MR) is 81.5 cm³/mol. The van der Waals surface area contributed by atoms with E-state index in [9.17, 15) is 0 Å². The second-order valence-corrected chi connectivity index (χ2v) is 6.06. The third-order valence-corrected chi connectivity index (χ3v) is 3.60. The number of nitrogens with two attached hydrogens (primary N) is 1. The van der Waals surface area contributed by atoms with Gasteiger partial charge >= 0.3 is 0 Å². The molecule has 0 saturated heterocycles. The van der Waals surface area contributed by atoms with Crippen LogP contribution in [0.4, 0.5) is 0 Å². The number of aliphatic imine (C=N–C) groups is 1. The molecule has 19 heavy (non-hydrogen) atoms. The first-order valence-electron chi connectivity index (χ1n) is 6.40. The number of nitrogens with zero attached hydrogens (tertiary/aromatic N) is 1. The maximum absolute atomic E-state index is 5.48. The smallest absolute Gasteiger partial charge is 0.206 e. The van der Waals surface area contributed by atoms with Crippen LogP contribution in [-0.2, 0) is 11.2 Å². The first-order valence-corrected chi connectivity index (χ1v) is 7.22. The predicted octanol–water partition coefficient (Wildman–Crippen LogP) is 1.43. The maximum atomic E-state index is 5.48. The van der Waals surface area contributed by atoms with Crippen molar-refractivity contribution < 1.29 is 4.74 Å². The molecule has 108 valence electrons. The Balaban J connectivity index is 2.50. The van der Waals surface area contributed by atoms with Crippen LogP contribution in [0.15, 0.2) is 17.1 Å². The van der Waals surface area contributed by atoms with E-state index >= 15 is 0 Å². The number of thiophene rings is 1. The van der Waals surface area contributed by atoms with E-state index in [1.165, 1.54) is 9.75 Å². The zero-order valence-corrected chi connectivity index (χ0v) is 12.9. The molecule has 0 radical (unpaired) electrons. The van der Waals surface area contributed by atoms with Gasteiger partial charge in [0, 0.05) is 29.3 Å². The fourth-order valence-corrected chi connectivity index (χ4v) is 2.82. The largest absolute Gasteiger partial charge is 0.382 e. The van der Waals surface area contributed by atoms with Gasteiger partial charge in [0.15, 0.2) is 0 Å². The fraction of sp³-hybridized carbons (Fsp3) is 0.615. The van der Waals surface area contributed by atoms with Crippen molar-refractivity contribution in [3.8, 4) is 0 Å².